The Bertz CT molecular complexity index is 1080. The van der Waals surface area contributed by atoms with E-state index in [4.69, 9.17) is 16.2 Å². The van der Waals surface area contributed by atoms with Gasteiger partial charge in [0.15, 0.2) is 6.29 Å². The molecule has 0 aliphatic heterocycles. The normalized spacial score (nSPS) is 10.7. The topological polar surface area (TPSA) is 132 Å². The van der Waals surface area contributed by atoms with Crippen LogP contribution in [0.5, 0.6) is 5.75 Å². The smallest absolute Gasteiger partial charge is 0.278 e. The van der Waals surface area contributed by atoms with Crippen molar-refractivity contribution >= 4 is 40.1 Å². The average molecular weight is 454 g/mol. The first kappa shape index (κ1) is 24.6. The molecule has 9 heteroatoms. The number of ether oxygens (including phenoxy) is 1. The van der Waals surface area contributed by atoms with Crippen LogP contribution in [0.4, 0.5) is 10.7 Å². The number of amides is 1. The molecule has 0 radical (unpaired) electrons. The van der Waals surface area contributed by atoms with Crippen LogP contribution in [0.25, 0.3) is 0 Å². The molecule has 6 N–H and O–H groups in total. The van der Waals surface area contributed by atoms with E-state index in [1.807, 2.05) is 13.1 Å². The predicted molar refractivity (Wildman–Crippen MR) is 131 cm³/mol. The number of anilines is 2. The van der Waals surface area contributed by atoms with Crippen LogP contribution >= 0.6 is 11.3 Å². The van der Waals surface area contributed by atoms with Crippen LogP contribution in [-0.2, 0) is 6.42 Å². The molecule has 1 aromatic heterocycles. The Labute approximate surface area is 191 Å². The molecule has 0 unspecified atom stereocenters. The highest BCUT2D eigenvalue weighted by atomic mass is 32.1. The van der Waals surface area contributed by atoms with Gasteiger partial charge in [-0.25, -0.2) is 5.43 Å². The van der Waals surface area contributed by atoms with Crippen LogP contribution in [0.2, 0.25) is 0 Å². The first-order valence-corrected chi connectivity index (χ1v) is 10.6. The second-order valence-electron chi connectivity index (χ2n) is 6.46. The van der Waals surface area contributed by atoms with Crippen LogP contribution in [0.1, 0.15) is 38.1 Å². The summed E-state index contributed by atoms with van der Waals surface area (Å²) in [5, 5.41) is 0.348. The van der Waals surface area contributed by atoms with Crippen LogP contribution in [0.3, 0.4) is 0 Å². The van der Waals surface area contributed by atoms with Gasteiger partial charge in [-0.15, -0.1) is 11.3 Å². The summed E-state index contributed by atoms with van der Waals surface area (Å²) < 4.78 is 5.01. The third-order valence-corrected chi connectivity index (χ3v) is 5.28. The van der Waals surface area contributed by atoms with Crippen molar-refractivity contribution in [3.05, 3.63) is 76.2 Å². The Kier molecular flexibility index (Phi) is 9.40. The number of hydrogen-bond donors (Lipinski definition) is 4. The van der Waals surface area contributed by atoms with E-state index in [9.17, 15) is 9.59 Å². The van der Waals surface area contributed by atoms with Gasteiger partial charge in [-0.3, -0.25) is 9.59 Å². The van der Waals surface area contributed by atoms with E-state index in [-0.39, 0.29) is 5.84 Å². The van der Waals surface area contributed by atoms with Gasteiger partial charge >= 0.3 is 0 Å². The number of thiophene rings is 1. The second kappa shape index (κ2) is 12.2. The highest BCUT2D eigenvalue weighted by molar-refractivity contribution is 7.17. The van der Waals surface area contributed by atoms with Crippen LogP contribution < -0.4 is 27.1 Å². The van der Waals surface area contributed by atoms with E-state index in [2.05, 4.69) is 41.0 Å². The fourth-order valence-electron chi connectivity index (χ4n) is 2.74. The number of amidine groups is 1. The van der Waals surface area contributed by atoms with E-state index in [0.29, 0.717) is 33.0 Å². The number of methoxy groups -OCH3 is 1. The number of aryl methyl sites for hydroxylation is 1. The number of rotatable bonds is 7. The number of nitrogens with two attached hydrogens (primary N) is 2. The Morgan fingerprint density at radius 1 is 1.19 bits per heavy atom. The molecule has 2 aromatic carbocycles. The summed E-state index contributed by atoms with van der Waals surface area (Å²) in [5.41, 5.74) is 20.8. The Morgan fingerprint density at radius 2 is 1.88 bits per heavy atom. The van der Waals surface area contributed by atoms with Crippen LogP contribution in [0, 0.1) is 0 Å². The van der Waals surface area contributed by atoms with Crippen molar-refractivity contribution in [2.45, 2.75) is 13.3 Å². The maximum Gasteiger partial charge on any atom is 0.278 e. The average Bonchev–Trinajstić information content (AvgIpc) is 3.21. The van der Waals surface area contributed by atoms with Gasteiger partial charge in [0.05, 0.1) is 28.2 Å². The minimum Gasteiger partial charge on any atom is -0.497 e. The molecule has 0 atom stereocenters. The van der Waals surface area contributed by atoms with Gasteiger partial charge in [-0.1, -0.05) is 25.1 Å². The molecule has 0 aliphatic rings. The number of aldehydes is 1. The Morgan fingerprint density at radius 3 is 2.44 bits per heavy atom. The number of carbonyl (C=O) groups is 2. The molecule has 0 fully saturated rings. The lowest BCUT2D eigenvalue weighted by atomic mass is 10.1. The van der Waals surface area contributed by atoms with Gasteiger partial charge in [-0.05, 0) is 48.4 Å². The summed E-state index contributed by atoms with van der Waals surface area (Å²) in [6.07, 6.45) is 1.73. The molecule has 8 nitrogen and oxygen atoms in total. The summed E-state index contributed by atoms with van der Waals surface area (Å²) in [6.45, 7) is 2.15. The molecular weight excluding hydrogens is 426 g/mol. The largest absolute Gasteiger partial charge is 0.497 e. The predicted octanol–water partition coefficient (Wildman–Crippen LogP) is 3.49. The number of carbonyl (C=O) groups excluding carboxylic acids is 2. The first-order valence-electron chi connectivity index (χ1n) is 9.81. The molecule has 0 bridgehead atoms. The molecule has 1 heterocycles. The number of benzene rings is 2. The number of hydrazine groups is 1. The molecule has 32 heavy (non-hydrogen) atoms. The van der Waals surface area contributed by atoms with Gasteiger partial charge in [-0.2, -0.15) is 4.99 Å². The minimum absolute atomic E-state index is 0.0160. The lowest BCUT2D eigenvalue weighted by Gasteiger charge is -2.08. The van der Waals surface area contributed by atoms with Gasteiger partial charge in [0.2, 0.25) is 0 Å². The zero-order valence-electron chi connectivity index (χ0n) is 18.2. The molecule has 1 amide bonds. The van der Waals surface area contributed by atoms with Crippen LogP contribution in [0.15, 0.2) is 59.6 Å². The van der Waals surface area contributed by atoms with Crippen molar-refractivity contribution in [3.8, 4) is 5.75 Å². The fourth-order valence-corrected chi connectivity index (χ4v) is 3.49. The number of hydrogen-bond acceptors (Lipinski definition) is 7. The van der Waals surface area contributed by atoms with Crippen molar-refractivity contribution < 1.29 is 14.3 Å². The zero-order valence-corrected chi connectivity index (χ0v) is 19.0. The van der Waals surface area contributed by atoms with Crippen molar-refractivity contribution in [3.63, 3.8) is 0 Å². The number of para-hydroxylation sites is 1. The van der Waals surface area contributed by atoms with Gasteiger partial charge in [0, 0.05) is 12.6 Å². The first-order chi connectivity index (χ1) is 15.4. The highest BCUT2D eigenvalue weighted by Crippen LogP contribution is 2.23. The molecule has 168 valence electrons. The van der Waals surface area contributed by atoms with E-state index in [0.717, 1.165) is 23.4 Å². The molecular formula is C23H27N5O3S. The summed E-state index contributed by atoms with van der Waals surface area (Å²) in [4.78, 5) is 26.9. The summed E-state index contributed by atoms with van der Waals surface area (Å²) in [7, 11) is 3.41. The summed E-state index contributed by atoms with van der Waals surface area (Å²) in [6, 6.07) is 16.3. The molecule has 3 aromatic rings. The van der Waals surface area contributed by atoms with E-state index >= 15 is 0 Å². The fraction of sp³-hybridized carbons (Fsp3) is 0.174. The monoisotopic (exact) mass is 453 g/mol. The Balaban J connectivity index is 0.000000278. The van der Waals surface area contributed by atoms with Gasteiger partial charge in [0.1, 0.15) is 11.6 Å². The van der Waals surface area contributed by atoms with E-state index < -0.39 is 5.91 Å². The highest BCUT2D eigenvalue weighted by Gasteiger charge is 2.12. The molecule has 3 rings (SSSR count). The molecule has 0 saturated heterocycles. The Hall–Kier alpha value is -3.69. The van der Waals surface area contributed by atoms with Gasteiger partial charge in [0.25, 0.3) is 5.91 Å². The van der Waals surface area contributed by atoms with Crippen molar-refractivity contribution in [2.24, 2.45) is 10.7 Å². The SMILES string of the molecule is CCc1ccccc1NNC.COc1ccc(C(=O)N=C(N)c2cc(C=O)sc2N)cc1. The molecule has 0 saturated carbocycles. The summed E-state index contributed by atoms with van der Waals surface area (Å²) >= 11 is 1.09. The number of nitrogens with zero attached hydrogens (tertiary/aromatic N) is 1. The molecule has 0 spiro atoms. The quantitative estimate of drug-likeness (QED) is 0.186. The number of aliphatic imine (C=N–C) groups is 1. The maximum atomic E-state index is 12.0. The van der Waals surface area contributed by atoms with Crippen molar-refractivity contribution in [1.29, 1.82) is 0 Å². The third-order valence-electron chi connectivity index (χ3n) is 4.39. The van der Waals surface area contributed by atoms with E-state index in [1.165, 1.54) is 18.7 Å². The number of nitrogens with one attached hydrogen (secondary N) is 2. The van der Waals surface area contributed by atoms with Crippen molar-refractivity contribution in [2.75, 3.05) is 25.3 Å². The number of nitrogen functional groups attached to an aromatic ring is 1. The van der Waals surface area contributed by atoms with E-state index in [1.54, 1.807) is 24.3 Å². The third kappa shape index (κ3) is 6.66. The standard InChI is InChI=1S/C14H13N3O3S.C9H14N2/c1-20-9-4-2-8(3-5-9)14(19)17-12(15)11-6-10(7-18)21-13(11)16;1-3-8-6-4-5-7-9(8)11-10-2/h2-7H,16H2,1H3,(H2,15,17,19);4-7,10-11H,3H2,1-2H3. The van der Waals surface area contributed by atoms with Crippen molar-refractivity contribution in [1.82, 2.24) is 5.43 Å². The second-order valence-corrected chi connectivity index (χ2v) is 7.58. The lowest BCUT2D eigenvalue weighted by Crippen LogP contribution is -2.16. The zero-order chi connectivity index (χ0) is 23.5. The van der Waals surface area contributed by atoms with Crippen LogP contribution in [-0.4, -0.2) is 32.2 Å². The minimum atomic E-state index is -0.492. The maximum absolute atomic E-state index is 12.0. The van der Waals surface area contributed by atoms with Gasteiger partial charge < -0.3 is 21.6 Å². The molecule has 0 aliphatic carbocycles. The lowest BCUT2D eigenvalue weighted by molar-refractivity contribution is 0.100. The summed E-state index contributed by atoms with van der Waals surface area (Å²) in [5.74, 6) is 0.132.